The van der Waals surface area contributed by atoms with Gasteiger partial charge in [-0.15, -0.1) is 0 Å². The molecule has 0 N–H and O–H groups in total. The molecule has 0 aliphatic rings. The van der Waals surface area contributed by atoms with Gasteiger partial charge < -0.3 is 0 Å². The fourth-order valence-corrected chi connectivity index (χ4v) is 0.869. The lowest BCUT2D eigenvalue weighted by atomic mass is 10.2. The third kappa shape index (κ3) is 9.22. The zero-order valence-corrected chi connectivity index (χ0v) is 8.29. The summed E-state index contributed by atoms with van der Waals surface area (Å²) in [5.41, 5.74) is 0. The molecule has 0 nitrogen and oxygen atoms in total. The third-order valence-electron chi connectivity index (χ3n) is 1.62. The molecule has 0 heteroatoms. The maximum Gasteiger partial charge on any atom is -0.0166 e. The molecule has 0 radical (unpaired) electrons. The predicted octanol–water partition coefficient (Wildman–Crippen LogP) is 4.26. The third-order valence-corrected chi connectivity index (χ3v) is 1.62. The second-order valence-electron chi connectivity index (χ2n) is 2.80. The highest BCUT2D eigenvalue weighted by molar-refractivity contribution is 5.04. The van der Waals surface area contributed by atoms with Gasteiger partial charge in [0.15, 0.2) is 0 Å². The van der Waals surface area contributed by atoms with Crippen molar-refractivity contribution in [2.24, 2.45) is 0 Å². The van der Waals surface area contributed by atoms with Crippen molar-refractivity contribution in [3.63, 3.8) is 0 Å². The Morgan fingerprint density at radius 1 is 1.00 bits per heavy atom. The molecule has 0 amide bonds. The lowest BCUT2D eigenvalue weighted by Gasteiger charge is -1.85. The van der Waals surface area contributed by atoms with Gasteiger partial charge in [0.25, 0.3) is 0 Å². The Morgan fingerprint density at radius 2 is 1.75 bits per heavy atom. The molecular weight excluding hydrogens is 144 g/mol. The van der Waals surface area contributed by atoms with E-state index in [1.54, 1.807) is 0 Å². The van der Waals surface area contributed by atoms with E-state index in [1.165, 1.54) is 19.3 Å². The van der Waals surface area contributed by atoms with Crippen molar-refractivity contribution < 1.29 is 0 Å². The molecule has 0 spiro atoms. The quantitative estimate of drug-likeness (QED) is 0.313. The van der Waals surface area contributed by atoms with Crippen LogP contribution >= 0.6 is 0 Å². The molecule has 68 valence electrons. The Labute approximate surface area is 76.7 Å². The molecule has 0 atom stereocenters. The van der Waals surface area contributed by atoms with Gasteiger partial charge in [0.1, 0.15) is 0 Å². The van der Waals surface area contributed by atoms with Crippen LogP contribution in [0.3, 0.4) is 0 Å². The minimum atomic E-state index is 1.05. The van der Waals surface area contributed by atoms with E-state index in [4.69, 9.17) is 0 Å². The van der Waals surface area contributed by atoms with Gasteiger partial charge in [0.05, 0.1) is 0 Å². The molecule has 0 aromatic rings. The van der Waals surface area contributed by atoms with Crippen molar-refractivity contribution in [2.75, 3.05) is 0 Å². The molecule has 0 fully saturated rings. The second-order valence-corrected chi connectivity index (χ2v) is 2.80. The lowest BCUT2D eigenvalue weighted by Crippen LogP contribution is -1.65. The first-order valence-electron chi connectivity index (χ1n) is 4.84. The van der Waals surface area contributed by atoms with Gasteiger partial charge in [-0.2, -0.15) is 0 Å². The first-order chi connectivity index (χ1) is 5.91. The molecule has 0 aromatic heterocycles. The summed E-state index contributed by atoms with van der Waals surface area (Å²) in [4.78, 5) is 0. The van der Waals surface area contributed by atoms with Gasteiger partial charge in [-0.3, -0.25) is 0 Å². The average molecular weight is 164 g/mol. The summed E-state index contributed by atoms with van der Waals surface area (Å²) in [6.07, 6.45) is 17.7. The van der Waals surface area contributed by atoms with Gasteiger partial charge in [-0.05, 0) is 19.8 Å². The van der Waals surface area contributed by atoms with Crippen molar-refractivity contribution in [1.29, 1.82) is 0 Å². The number of hydrogen-bond acceptors (Lipinski definition) is 0. The maximum absolute atomic E-state index is 2.23. The van der Waals surface area contributed by atoms with Crippen LogP contribution in [0.25, 0.3) is 0 Å². The van der Waals surface area contributed by atoms with Crippen molar-refractivity contribution in [3.8, 4) is 0 Å². The van der Waals surface area contributed by atoms with Crippen molar-refractivity contribution in [1.82, 2.24) is 0 Å². The maximum atomic E-state index is 2.23. The first-order valence-corrected chi connectivity index (χ1v) is 4.84. The van der Waals surface area contributed by atoms with Crippen LogP contribution in [0.1, 0.15) is 39.5 Å². The van der Waals surface area contributed by atoms with Crippen LogP contribution in [0.5, 0.6) is 0 Å². The van der Waals surface area contributed by atoms with Crippen LogP contribution in [-0.4, -0.2) is 0 Å². The summed E-state index contributed by atoms with van der Waals surface area (Å²) >= 11 is 0. The molecule has 0 aromatic carbocycles. The second kappa shape index (κ2) is 10.2. The number of hydrogen-bond donors (Lipinski definition) is 0. The Morgan fingerprint density at radius 3 is 2.42 bits per heavy atom. The van der Waals surface area contributed by atoms with Gasteiger partial charge in [0, 0.05) is 0 Å². The summed E-state index contributed by atoms with van der Waals surface area (Å²) in [7, 11) is 0. The number of allylic oxidation sites excluding steroid dienone is 6. The van der Waals surface area contributed by atoms with Crippen LogP contribution in [0.2, 0.25) is 0 Å². The molecule has 12 heavy (non-hydrogen) atoms. The topological polar surface area (TPSA) is 0 Å². The zero-order valence-electron chi connectivity index (χ0n) is 8.29. The largest absolute Gasteiger partial charge is 0.0914 e. The van der Waals surface area contributed by atoms with Crippen molar-refractivity contribution in [2.45, 2.75) is 39.5 Å². The molecule has 0 aliphatic carbocycles. The van der Waals surface area contributed by atoms with Crippen LogP contribution in [0, 0.1) is 0 Å². The Kier molecular flexibility index (Phi) is 9.56. The van der Waals surface area contributed by atoms with Gasteiger partial charge in [0.2, 0.25) is 0 Å². The highest BCUT2D eigenvalue weighted by Crippen LogP contribution is 1.95. The van der Waals surface area contributed by atoms with Crippen LogP contribution < -0.4 is 0 Å². The monoisotopic (exact) mass is 164 g/mol. The van der Waals surface area contributed by atoms with Crippen LogP contribution in [0.4, 0.5) is 0 Å². The molecule has 0 saturated heterocycles. The van der Waals surface area contributed by atoms with E-state index in [1.807, 2.05) is 6.92 Å². The standard InChI is InChI=1S/C12H20/c1-3-5-7-9-11-12-10-8-6-4-2/h3,5,9-12H,4,6-8H2,1-2H3. The minimum absolute atomic E-state index is 1.05. The Balaban J connectivity index is 3.26. The highest BCUT2D eigenvalue weighted by Gasteiger charge is 1.75. The smallest absolute Gasteiger partial charge is 0.0166 e. The molecule has 0 aliphatic heterocycles. The summed E-state index contributed by atoms with van der Waals surface area (Å²) in [6.45, 7) is 4.26. The van der Waals surface area contributed by atoms with E-state index in [9.17, 15) is 0 Å². The zero-order chi connectivity index (χ0) is 9.07. The van der Waals surface area contributed by atoms with E-state index < -0.39 is 0 Å². The average Bonchev–Trinajstić information content (AvgIpc) is 2.10. The van der Waals surface area contributed by atoms with Crippen LogP contribution in [0.15, 0.2) is 36.5 Å². The number of rotatable bonds is 6. The van der Waals surface area contributed by atoms with Gasteiger partial charge in [-0.1, -0.05) is 56.2 Å². The summed E-state index contributed by atoms with van der Waals surface area (Å²) in [5.74, 6) is 0. The fourth-order valence-electron chi connectivity index (χ4n) is 0.869. The predicted molar refractivity (Wildman–Crippen MR) is 57.2 cm³/mol. The molecular formula is C12H20. The molecule has 0 bridgehead atoms. The van der Waals surface area contributed by atoms with Crippen LogP contribution in [-0.2, 0) is 0 Å². The summed E-state index contributed by atoms with van der Waals surface area (Å²) in [5, 5.41) is 0. The molecule has 0 saturated carbocycles. The SMILES string of the molecule is CC=CCC=CC=CCCCC. The first kappa shape index (κ1) is 11.2. The van der Waals surface area contributed by atoms with Crippen molar-refractivity contribution >= 4 is 0 Å². The van der Waals surface area contributed by atoms with E-state index in [2.05, 4.69) is 43.4 Å². The van der Waals surface area contributed by atoms with Gasteiger partial charge in [-0.25, -0.2) is 0 Å². The summed E-state index contributed by atoms with van der Waals surface area (Å²) < 4.78 is 0. The summed E-state index contributed by atoms with van der Waals surface area (Å²) in [6, 6.07) is 0. The molecule has 0 unspecified atom stereocenters. The normalized spacial score (nSPS) is 12.5. The van der Waals surface area contributed by atoms with E-state index in [0.717, 1.165) is 6.42 Å². The minimum Gasteiger partial charge on any atom is -0.0914 e. The highest BCUT2D eigenvalue weighted by atomic mass is 13.8. The lowest BCUT2D eigenvalue weighted by molar-refractivity contribution is 0.815. The van der Waals surface area contributed by atoms with E-state index >= 15 is 0 Å². The van der Waals surface area contributed by atoms with Gasteiger partial charge >= 0.3 is 0 Å². The van der Waals surface area contributed by atoms with E-state index in [0.29, 0.717) is 0 Å². The Bertz CT molecular complexity index is 149. The van der Waals surface area contributed by atoms with E-state index in [-0.39, 0.29) is 0 Å². The Hall–Kier alpha value is -0.780. The molecule has 0 heterocycles. The fraction of sp³-hybridized carbons (Fsp3) is 0.500. The molecule has 0 rings (SSSR count). The number of unbranched alkanes of at least 4 members (excludes halogenated alkanes) is 2. The van der Waals surface area contributed by atoms with Crippen molar-refractivity contribution in [3.05, 3.63) is 36.5 Å².